The highest BCUT2D eigenvalue weighted by molar-refractivity contribution is 7.88. The molecule has 0 spiro atoms. The van der Waals surface area contributed by atoms with E-state index >= 15 is 0 Å². The molecule has 2 aromatic heterocycles. The summed E-state index contributed by atoms with van der Waals surface area (Å²) in [6, 6.07) is 25.6. The Hall–Kier alpha value is -3.88. The normalized spacial score (nSPS) is 11.7. The van der Waals surface area contributed by atoms with Gasteiger partial charge in [0.05, 0.1) is 6.26 Å². The van der Waals surface area contributed by atoms with Crippen molar-refractivity contribution in [2.75, 3.05) is 6.26 Å². The van der Waals surface area contributed by atoms with Crippen LogP contribution in [0.5, 0.6) is 0 Å². The molecule has 0 amide bonds. The van der Waals surface area contributed by atoms with Crippen LogP contribution in [0, 0.1) is 0 Å². The molecule has 0 aliphatic rings. The van der Waals surface area contributed by atoms with Gasteiger partial charge in [-0.3, -0.25) is 0 Å². The Kier molecular flexibility index (Phi) is 5.91. The highest BCUT2D eigenvalue weighted by atomic mass is 32.2. The first-order valence-electron chi connectivity index (χ1n) is 10.8. The lowest BCUT2D eigenvalue weighted by Gasteiger charge is -2.10. The van der Waals surface area contributed by atoms with Gasteiger partial charge in [0, 0.05) is 41.2 Å². The number of fused-ring (bicyclic) bond motifs is 1. The average molecular weight is 470 g/mol. The zero-order valence-electron chi connectivity index (χ0n) is 18.6. The topological polar surface area (TPSA) is 101 Å². The number of hydrogen-bond acceptors (Lipinski definition) is 5. The lowest BCUT2D eigenvalue weighted by Crippen LogP contribution is -2.21. The van der Waals surface area contributed by atoms with Gasteiger partial charge in [-0.1, -0.05) is 72.8 Å². The van der Waals surface area contributed by atoms with Crippen molar-refractivity contribution in [3.05, 3.63) is 102 Å². The number of nitrogens with one attached hydrogen (secondary N) is 2. The first kappa shape index (κ1) is 21.9. The SMILES string of the molecule is CS(=O)(=O)NCc1ccc(-c2nc(Cc3c[nH]c4ccccc34)nnc2-c2ccccc2)cc1. The van der Waals surface area contributed by atoms with Crippen LogP contribution < -0.4 is 4.72 Å². The Morgan fingerprint density at radius 3 is 2.29 bits per heavy atom. The number of aromatic amines is 1. The van der Waals surface area contributed by atoms with E-state index in [1.165, 1.54) is 0 Å². The van der Waals surface area contributed by atoms with E-state index in [1.54, 1.807) is 0 Å². The third kappa shape index (κ3) is 4.88. The van der Waals surface area contributed by atoms with Crippen LogP contribution in [0.1, 0.15) is 17.0 Å². The van der Waals surface area contributed by atoms with Crippen LogP contribution in [-0.2, 0) is 23.0 Å². The summed E-state index contributed by atoms with van der Waals surface area (Å²) in [5.41, 5.74) is 6.29. The van der Waals surface area contributed by atoms with Crippen LogP contribution >= 0.6 is 0 Å². The second-order valence-electron chi connectivity index (χ2n) is 8.12. The number of H-pyrrole nitrogens is 1. The van der Waals surface area contributed by atoms with Gasteiger partial charge in [0.25, 0.3) is 0 Å². The van der Waals surface area contributed by atoms with Crippen molar-refractivity contribution < 1.29 is 8.42 Å². The molecule has 2 N–H and O–H groups in total. The number of hydrogen-bond donors (Lipinski definition) is 2. The smallest absolute Gasteiger partial charge is 0.209 e. The predicted octanol–water partition coefficient (Wildman–Crippen LogP) is 4.33. The fourth-order valence-corrected chi connectivity index (χ4v) is 4.30. The number of para-hydroxylation sites is 1. The summed E-state index contributed by atoms with van der Waals surface area (Å²) in [6.07, 6.45) is 3.69. The molecule has 0 bridgehead atoms. The molecule has 0 saturated heterocycles. The van der Waals surface area contributed by atoms with Gasteiger partial charge >= 0.3 is 0 Å². The van der Waals surface area contributed by atoms with E-state index in [4.69, 9.17) is 4.98 Å². The monoisotopic (exact) mass is 469 g/mol. The number of rotatable bonds is 7. The minimum absolute atomic E-state index is 0.235. The van der Waals surface area contributed by atoms with Crippen LogP contribution in [0.2, 0.25) is 0 Å². The molecule has 0 atom stereocenters. The van der Waals surface area contributed by atoms with Crippen molar-refractivity contribution >= 4 is 20.9 Å². The van der Waals surface area contributed by atoms with E-state index < -0.39 is 10.0 Å². The van der Waals surface area contributed by atoms with Crippen molar-refractivity contribution in [2.24, 2.45) is 0 Å². The van der Waals surface area contributed by atoms with E-state index in [1.807, 2.05) is 79.0 Å². The summed E-state index contributed by atoms with van der Waals surface area (Å²) in [7, 11) is -3.26. The number of aromatic nitrogens is 4. The molecule has 0 radical (unpaired) electrons. The third-order valence-electron chi connectivity index (χ3n) is 5.57. The fourth-order valence-electron chi connectivity index (χ4n) is 3.87. The molecular weight excluding hydrogens is 446 g/mol. The quantitative estimate of drug-likeness (QED) is 0.370. The molecule has 0 fully saturated rings. The van der Waals surface area contributed by atoms with Crippen LogP contribution in [0.25, 0.3) is 33.4 Å². The summed E-state index contributed by atoms with van der Waals surface area (Å²) in [5, 5.41) is 10.1. The Morgan fingerprint density at radius 2 is 1.53 bits per heavy atom. The first-order valence-corrected chi connectivity index (χ1v) is 12.7. The molecule has 7 nitrogen and oxygen atoms in total. The lowest BCUT2D eigenvalue weighted by atomic mass is 10.0. The molecule has 5 aromatic rings. The van der Waals surface area contributed by atoms with Crippen molar-refractivity contribution in [1.29, 1.82) is 0 Å². The Balaban J connectivity index is 1.52. The minimum Gasteiger partial charge on any atom is -0.361 e. The van der Waals surface area contributed by atoms with E-state index in [9.17, 15) is 8.42 Å². The molecule has 8 heteroatoms. The molecule has 34 heavy (non-hydrogen) atoms. The second-order valence-corrected chi connectivity index (χ2v) is 9.95. The van der Waals surface area contributed by atoms with E-state index in [0.717, 1.165) is 45.1 Å². The van der Waals surface area contributed by atoms with Crippen molar-refractivity contribution in [2.45, 2.75) is 13.0 Å². The summed E-state index contributed by atoms with van der Waals surface area (Å²) < 4.78 is 25.3. The molecule has 0 unspecified atom stereocenters. The molecule has 5 rings (SSSR count). The molecule has 0 aliphatic heterocycles. The van der Waals surface area contributed by atoms with Gasteiger partial charge in [-0.05, 0) is 17.2 Å². The number of benzene rings is 3. The van der Waals surface area contributed by atoms with Crippen LogP contribution in [0.4, 0.5) is 0 Å². The van der Waals surface area contributed by atoms with Gasteiger partial charge in [-0.25, -0.2) is 18.1 Å². The number of nitrogens with zero attached hydrogens (tertiary/aromatic N) is 3. The van der Waals surface area contributed by atoms with Crippen LogP contribution in [0.15, 0.2) is 85.1 Å². The summed E-state index contributed by atoms with van der Waals surface area (Å²) in [5.74, 6) is 0.627. The summed E-state index contributed by atoms with van der Waals surface area (Å²) >= 11 is 0. The zero-order chi connectivity index (χ0) is 23.5. The predicted molar refractivity (Wildman–Crippen MR) is 133 cm³/mol. The number of sulfonamides is 1. The Bertz CT molecular complexity index is 1550. The van der Waals surface area contributed by atoms with Gasteiger partial charge < -0.3 is 4.98 Å². The van der Waals surface area contributed by atoms with E-state index in [0.29, 0.717) is 17.9 Å². The molecule has 2 heterocycles. The van der Waals surface area contributed by atoms with Gasteiger partial charge in [-0.15, -0.1) is 10.2 Å². The highest BCUT2D eigenvalue weighted by Crippen LogP contribution is 2.29. The highest BCUT2D eigenvalue weighted by Gasteiger charge is 2.15. The van der Waals surface area contributed by atoms with Gasteiger partial charge in [-0.2, -0.15) is 0 Å². The third-order valence-corrected chi connectivity index (χ3v) is 6.24. The zero-order valence-corrected chi connectivity index (χ0v) is 19.4. The molecule has 0 aliphatic carbocycles. The maximum absolute atomic E-state index is 11.4. The molecule has 3 aromatic carbocycles. The van der Waals surface area contributed by atoms with Gasteiger partial charge in [0.1, 0.15) is 11.4 Å². The summed E-state index contributed by atoms with van der Waals surface area (Å²) in [4.78, 5) is 8.21. The van der Waals surface area contributed by atoms with Crippen LogP contribution in [-0.4, -0.2) is 34.8 Å². The van der Waals surface area contributed by atoms with Crippen molar-refractivity contribution in [1.82, 2.24) is 24.9 Å². The Morgan fingerprint density at radius 1 is 0.824 bits per heavy atom. The van der Waals surface area contributed by atoms with Gasteiger partial charge in [0.15, 0.2) is 5.82 Å². The van der Waals surface area contributed by atoms with E-state index in [-0.39, 0.29) is 6.54 Å². The maximum Gasteiger partial charge on any atom is 0.209 e. The average Bonchev–Trinajstić information content (AvgIpc) is 3.26. The van der Waals surface area contributed by atoms with Crippen molar-refractivity contribution in [3.8, 4) is 22.5 Å². The van der Waals surface area contributed by atoms with Crippen LogP contribution in [0.3, 0.4) is 0 Å². The summed E-state index contributed by atoms with van der Waals surface area (Å²) in [6.45, 7) is 0.235. The minimum atomic E-state index is -3.26. The second kappa shape index (κ2) is 9.17. The lowest BCUT2D eigenvalue weighted by molar-refractivity contribution is 0.587. The van der Waals surface area contributed by atoms with Crippen molar-refractivity contribution in [3.63, 3.8) is 0 Å². The molecule has 0 saturated carbocycles. The largest absolute Gasteiger partial charge is 0.361 e. The van der Waals surface area contributed by atoms with E-state index in [2.05, 4.69) is 26.0 Å². The first-order chi connectivity index (χ1) is 16.5. The standard InChI is InChI=1S/C26H23N5O2S/c1-34(32,33)28-16-18-11-13-20(14-12-18)25-26(19-7-3-2-4-8-19)31-30-24(29-25)15-21-17-27-23-10-6-5-9-22(21)23/h2-14,17,27-28H,15-16H2,1H3. The maximum atomic E-state index is 11.4. The van der Waals surface area contributed by atoms with Gasteiger partial charge in [0.2, 0.25) is 10.0 Å². The fraction of sp³-hybridized carbons (Fsp3) is 0.115. The molecular formula is C26H23N5O2S. The Labute approximate surface area is 198 Å². The molecule has 170 valence electrons.